The summed E-state index contributed by atoms with van der Waals surface area (Å²) >= 11 is 0. The lowest BCUT2D eigenvalue weighted by atomic mass is 9.69. The van der Waals surface area contributed by atoms with Crippen LogP contribution in [0.15, 0.2) is 204 Å². The Balaban J connectivity index is 1.18. The Morgan fingerprint density at radius 3 is 1.73 bits per heavy atom. The number of allylic oxidation sites excluding steroid dienone is 4. The highest BCUT2D eigenvalue weighted by atomic mass is 16.3. The van der Waals surface area contributed by atoms with Gasteiger partial charge in [0.05, 0.1) is 11.1 Å². The Labute approximate surface area is 319 Å². The van der Waals surface area contributed by atoms with Crippen LogP contribution in [0.25, 0.3) is 60.5 Å². The molecule has 2 nitrogen and oxygen atoms in total. The maximum absolute atomic E-state index is 6.94. The molecule has 2 heteroatoms. The number of nitrogens with zero attached hydrogens (tertiary/aromatic N) is 1. The Morgan fingerprint density at radius 1 is 0.455 bits per heavy atom. The number of hydrogen-bond donors (Lipinski definition) is 0. The number of furan rings is 1. The van der Waals surface area contributed by atoms with Gasteiger partial charge in [0.1, 0.15) is 11.2 Å². The van der Waals surface area contributed by atoms with Crippen LogP contribution in [0.5, 0.6) is 0 Å². The van der Waals surface area contributed by atoms with E-state index in [9.17, 15) is 0 Å². The van der Waals surface area contributed by atoms with Gasteiger partial charge in [0.15, 0.2) is 0 Å². The fourth-order valence-electron chi connectivity index (χ4n) is 10.2. The van der Waals surface area contributed by atoms with Gasteiger partial charge in [-0.05, 0) is 75.6 Å². The van der Waals surface area contributed by atoms with Crippen LogP contribution in [0.4, 0.5) is 11.4 Å². The van der Waals surface area contributed by atoms with Crippen LogP contribution >= 0.6 is 0 Å². The maximum atomic E-state index is 6.94. The highest BCUT2D eigenvalue weighted by Gasteiger charge is 2.54. The van der Waals surface area contributed by atoms with E-state index in [1.807, 2.05) is 0 Å². The molecule has 1 spiro atoms. The van der Waals surface area contributed by atoms with Crippen LogP contribution in [-0.4, -0.2) is 0 Å². The van der Waals surface area contributed by atoms with Gasteiger partial charge in [0, 0.05) is 44.1 Å². The van der Waals surface area contributed by atoms with E-state index in [2.05, 4.69) is 193 Å². The predicted molar refractivity (Wildman–Crippen MR) is 228 cm³/mol. The molecular weight excluding hydrogens is 667 g/mol. The average Bonchev–Trinajstić information content (AvgIpc) is 3.89. The van der Waals surface area contributed by atoms with Crippen molar-refractivity contribution < 1.29 is 4.42 Å². The molecule has 0 N–H and O–H groups in total. The van der Waals surface area contributed by atoms with Crippen LogP contribution in [0, 0.1) is 0 Å². The van der Waals surface area contributed by atoms with Crippen LogP contribution in [-0.2, 0) is 5.41 Å². The van der Waals surface area contributed by atoms with E-state index < -0.39 is 0 Å². The molecule has 1 aromatic heterocycles. The topological polar surface area (TPSA) is 16.4 Å². The van der Waals surface area contributed by atoms with Crippen molar-refractivity contribution in [3.05, 3.63) is 222 Å². The van der Waals surface area contributed by atoms with Gasteiger partial charge < -0.3 is 9.32 Å². The van der Waals surface area contributed by atoms with Gasteiger partial charge in [-0.2, -0.15) is 0 Å². The van der Waals surface area contributed by atoms with E-state index >= 15 is 0 Å². The second-order valence-electron chi connectivity index (χ2n) is 15.0. The number of rotatable bonds is 4. The maximum Gasteiger partial charge on any atom is 0.143 e. The molecular formula is C53H35NO. The minimum absolute atomic E-state index is 0.381. The van der Waals surface area contributed by atoms with E-state index in [-0.39, 0.29) is 5.41 Å². The fourth-order valence-corrected chi connectivity index (χ4v) is 10.2. The summed E-state index contributed by atoms with van der Waals surface area (Å²) < 4.78 is 6.94. The molecule has 0 bridgehead atoms. The molecule has 3 aliphatic rings. The van der Waals surface area contributed by atoms with Crippen molar-refractivity contribution in [2.75, 3.05) is 4.90 Å². The predicted octanol–water partition coefficient (Wildman–Crippen LogP) is 14.0. The van der Waals surface area contributed by atoms with Crippen molar-refractivity contribution >= 4 is 49.7 Å². The molecule has 0 radical (unpaired) electrons. The summed E-state index contributed by atoms with van der Waals surface area (Å²) in [5, 5.41) is 4.54. The van der Waals surface area contributed by atoms with E-state index in [1.54, 1.807) is 0 Å². The summed E-state index contributed by atoms with van der Waals surface area (Å²) in [5.41, 5.74) is 18.2. The number of hydrogen-bond acceptors (Lipinski definition) is 2. The van der Waals surface area contributed by atoms with Crippen LogP contribution in [0.3, 0.4) is 0 Å². The third kappa shape index (κ3) is 4.09. The summed E-state index contributed by atoms with van der Waals surface area (Å²) in [4.78, 5) is 2.58. The van der Waals surface area contributed by atoms with Gasteiger partial charge in [0.2, 0.25) is 0 Å². The van der Waals surface area contributed by atoms with Crippen LogP contribution in [0.1, 0.15) is 35.1 Å². The molecule has 0 saturated heterocycles. The van der Waals surface area contributed by atoms with Crippen molar-refractivity contribution in [1.29, 1.82) is 0 Å². The molecule has 8 aromatic carbocycles. The first-order chi connectivity index (χ1) is 27.3. The van der Waals surface area contributed by atoms with E-state index in [4.69, 9.17) is 4.42 Å². The smallest absolute Gasteiger partial charge is 0.143 e. The van der Waals surface area contributed by atoms with Gasteiger partial charge in [0.25, 0.3) is 0 Å². The summed E-state index contributed by atoms with van der Waals surface area (Å²) in [6, 6.07) is 66.7. The molecule has 9 aromatic rings. The van der Waals surface area contributed by atoms with Crippen molar-refractivity contribution in [2.24, 2.45) is 0 Å². The number of para-hydroxylation sites is 2. The molecule has 1 heterocycles. The Hall–Kier alpha value is -6.90. The fraction of sp³-hybridized carbons (Fsp3) is 0.0566. The number of benzene rings is 8. The van der Waals surface area contributed by atoms with Crippen molar-refractivity contribution in [3.63, 3.8) is 0 Å². The van der Waals surface area contributed by atoms with Crippen molar-refractivity contribution in [2.45, 2.75) is 18.3 Å². The number of anilines is 2. The van der Waals surface area contributed by atoms with Gasteiger partial charge in [-0.3, -0.25) is 0 Å². The third-order valence-corrected chi connectivity index (χ3v) is 12.3. The lowest BCUT2D eigenvalue weighted by Crippen LogP contribution is -2.28. The Kier molecular flexibility index (Phi) is 6.41. The third-order valence-electron chi connectivity index (χ3n) is 12.3. The van der Waals surface area contributed by atoms with Crippen LogP contribution in [0.2, 0.25) is 0 Å². The number of fused-ring (bicyclic) bond motifs is 15. The van der Waals surface area contributed by atoms with Crippen molar-refractivity contribution in [3.8, 4) is 22.3 Å². The first kappa shape index (κ1) is 30.6. The molecule has 0 unspecified atom stereocenters. The zero-order valence-electron chi connectivity index (χ0n) is 30.2. The van der Waals surface area contributed by atoms with Gasteiger partial charge in [-0.25, -0.2) is 0 Å². The molecule has 0 atom stereocenters. The van der Waals surface area contributed by atoms with Gasteiger partial charge >= 0.3 is 0 Å². The zero-order chi connectivity index (χ0) is 36.1. The SMILES string of the molecule is C1=C2C(=C(N(c3ccccc3)c3cc4c5cccc(-c6ccccc6)c5oc4c4ccccc34)CC1)c1ccccc1C21c2ccccc2-c2ccccc21. The molecule has 3 aliphatic carbocycles. The summed E-state index contributed by atoms with van der Waals surface area (Å²) in [7, 11) is 0. The van der Waals surface area contributed by atoms with E-state index in [1.165, 1.54) is 55.6 Å². The van der Waals surface area contributed by atoms with Crippen LogP contribution < -0.4 is 4.90 Å². The van der Waals surface area contributed by atoms with Gasteiger partial charge in [-0.15, -0.1) is 0 Å². The lowest BCUT2D eigenvalue weighted by Gasteiger charge is -2.36. The monoisotopic (exact) mass is 701 g/mol. The molecule has 258 valence electrons. The Morgan fingerprint density at radius 2 is 1.00 bits per heavy atom. The second-order valence-corrected chi connectivity index (χ2v) is 15.0. The first-order valence-corrected chi connectivity index (χ1v) is 19.3. The molecule has 55 heavy (non-hydrogen) atoms. The first-order valence-electron chi connectivity index (χ1n) is 19.3. The van der Waals surface area contributed by atoms with Gasteiger partial charge in [-0.1, -0.05) is 170 Å². The van der Waals surface area contributed by atoms with E-state index in [0.717, 1.165) is 62.7 Å². The normalized spacial score (nSPS) is 14.9. The summed E-state index contributed by atoms with van der Waals surface area (Å²) in [6.07, 6.45) is 4.42. The minimum Gasteiger partial charge on any atom is -0.455 e. The van der Waals surface area contributed by atoms with Crippen molar-refractivity contribution in [1.82, 2.24) is 0 Å². The molecule has 0 amide bonds. The zero-order valence-corrected chi connectivity index (χ0v) is 30.2. The standard InChI is InChI=1S/C53H35NO/c1-3-17-34(18-4-1)36-26-15-27-41-43-33-49(39-23-7-8-24-40(39)52(43)55-51(36)41)54(35-19-5-2-6-20-35)48-32-16-31-47-50(48)42-25-11-14-30-46(42)53(47)44-28-12-9-21-37(44)38-22-10-13-29-45(38)53/h1-15,17-31,33H,16,32H2. The Bertz CT molecular complexity index is 3050. The minimum atomic E-state index is -0.381. The molecule has 0 aliphatic heterocycles. The summed E-state index contributed by atoms with van der Waals surface area (Å²) in [5.74, 6) is 0. The quantitative estimate of drug-likeness (QED) is 0.182. The second kappa shape index (κ2) is 11.5. The van der Waals surface area contributed by atoms with E-state index in [0.29, 0.717) is 0 Å². The largest absolute Gasteiger partial charge is 0.455 e. The highest BCUT2D eigenvalue weighted by Crippen LogP contribution is 2.65. The summed E-state index contributed by atoms with van der Waals surface area (Å²) in [6.45, 7) is 0. The molecule has 12 rings (SSSR count). The molecule has 0 saturated carbocycles. The average molecular weight is 702 g/mol. The molecule has 0 fully saturated rings. The highest BCUT2D eigenvalue weighted by molar-refractivity contribution is 6.21. The lowest BCUT2D eigenvalue weighted by molar-refractivity contribution is 0.674.